The van der Waals surface area contributed by atoms with Gasteiger partial charge < -0.3 is 5.32 Å². The first-order valence-electron chi connectivity index (χ1n) is 7.80. The van der Waals surface area contributed by atoms with Gasteiger partial charge in [-0.2, -0.15) is 0 Å². The van der Waals surface area contributed by atoms with Gasteiger partial charge in [0.05, 0.1) is 5.75 Å². The maximum Gasteiger partial charge on any atom is 0.211 e. The summed E-state index contributed by atoms with van der Waals surface area (Å²) in [6.07, 6.45) is 2.96. The molecule has 1 atom stereocenters. The fourth-order valence-electron chi connectivity index (χ4n) is 2.72. The Labute approximate surface area is 128 Å². The van der Waals surface area contributed by atoms with Crippen LogP contribution in [0.2, 0.25) is 0 Å². The van der Waals surface area contributed by atoms with E-state index in [1.807, 2.05) is 37.3 Å². The lowest BCUT2D eigenvalue weighted by molar-refractivity contribution is 0.365. The molecule has 2 N–H and O–H groups in total. The summed E-state index contributed by atoms with van der Waals surface area (Å²) in [5.74, 6) is 0.994. The van der Waals surface area contributed by atoms with E-state index in [0.29, 0.717) is 12.5 Å². The van der Waals surface area contributed by atoms with Gasteiger partial charge in [0.15, 0.2) is 0 Å². The molecule has 118 valence electrons. The van der Waals surface area contributed by atoms with Crippen molar-refractivity contribution in [3.05, 3.63) is 35.9 Å². The standard InChI is InChI=1S/C16H26N2O2S/c1-14(16-5-3-2-4-6-16)13-18-21(19,20)12-9-15-7-10-17-11-8-15/h2-6,14-15,17-18H,7-13H2,1H3. The number of benzene rings is 1. The van der Waals surface area contributed by atoms with Crippen LogP contribution in [0.4, 0.5) is 0 Å². The van der Waals surface area contributed by atoms with Gasteiger partial charge in [0, 0.05) is 6.54 Å². The Bertz CT molecular complexity index is 510. The third-order valence-corrected chi connectivity index (χ3v) is 5.61. The highest BCUT2D eigenvalue weighted by Crippen LogP contribution is 2.17. The van der Waals surface area contributed by atoms with E-state index in [4.69, 9.17) is 0 Å². The average Bonchev–Trinajstić information content (AvgIpc) is 2.53. The molecular weight excluding hydrogens is 284 g/mol. The smallest absolute Gasteiger partial charge is 0.211 e. The van der Waals surface area contributed by atoms with Crippen molar-refractivity contribution in [3.8, 4) is 0 Å². The molecule has 0 radical (unpaired) electrons. The molecule has 4 nitrogen and oxygen atoms in total. The molecule has 1 aromatic rings. The highest BCUT2D eigenvalue weighted by Gasteiger charge is 2.18. The van der Waals surface area contributed by atoms with Crippen LogP contribution in [-0.4, -0.2) is 33.8 Å². The molecule has 2 rings (SSSR count). The third-order valence-electron chi connectivity index (χ3n) is 4.23. The predicted molar refractivity (Wildman–Crippen MR) is 86.9 cm³/mol. The molecule has 5 heteroatoms. The molecule has 1 unspecified atom stereocenters. The van der Waals surface area contributed by atoms with E-state index in [9.17, 15) is 8.42 Å². The first-order chi connectivity index (χ1) is 10.1. The molecule has 1 aliphatic heterocycles. The molecule has 0 spiro atoms. The Morgan fingerprint density at radius 2 is 1.90 bits per heavy atom. The van der Waals surface area contributed by atoms with E-state index in [-0.39, 0.29) is 11.7 Å². The highest BCUT2D eigenvalue weighted by molar-refractivity contribution is 7.89. The Kier molecular flexibility index (Phi) is 6.21. The third kappa shape index (κ3) is 5.77. The second kappa shape index (κ2) is 7.92. The van der Waals surface area contributed by atoms with E-state index in [1.54, 1.807) is 0 Å². The van der Waals surface area contributed by atoms with Gasteiger partial charge in [-0.1, -0.05) is 37.3 Å². The lowest BCUT2D eigenvalue weighted by atomic mass is 9.96. The van der Waals surface area contributed by atoms with Gasteiger partial charge in [-0.25, -0.2) is 13.1 Å². The maximum atomic E-state index is 12.1. The first kappa shape index (κ1) is 16.5. The Morgan fingerprint density at radius 3 is 2.57 bits per heavy atom. The summed E-state index contributed by atoms with van der Waals surface area (Å²) >= 11 is 0. The molecular formula is C16H26N2O2S. The van der Waals surface area contributed by atoms with Crippen LogP contribution >= 0.6 is 0 Å². The molecule has 1 fully saturated rings. The zero-order valence-electron chi connectivity index (χ0n) is 12.7. The molecule has 0 saturated carbocycles. The SMILES string of the molecule is CC(CNS(=O)(=O)CCC1CCNCC1)c1ccccc1. The van der Waals surface area contributed by atoms with Crippen molar-refractivity contribution in [3.63, 3.8) is 0 Å². The number of piperidine rings is 1. The van der Waals surface area contributed by atoms with Crippen molar-refractivity contribution >= 4 is 10.0 Å². The van der Waals surface area contributed by atoms with Gasteiger partial charge in [0.1, 0.15) is 0 Å². The monoisotopic (exact) mass is 310 g/mol. The Balaban J connectivity index is 1.75. The molecule has 1 heterocycles. The Morgan fingerprint density at radius 1 is 1.24 bits per heavy atom. The first-order valence-corrected chi connectivity index (χ1v) is 9.45. The van der Waals surface area contributed by atoms with Gasteiger partial charge in [0.25, 0.3) is 0 Å². The summed E-state index contributed by atoms with van der Waals surface area (Å²) < 4.78 is 26.9. The van der Waals surface area contributed by atoms with Crippen LogP contribution in [-0.2, 0) is 10.0 Å². The number of sulfonamides is 1. The normalized spacial score (nSPS) is 18.5. The summed E-state index contributed by atoms with van der Waals surface area (Å²) in [4.78, 5) is 0. The van der Waals surface area contributed by atoms with Gasteiger partial charge in [-0.15, -0.1) is 0 Å². The molecule has 0 amide bonds. The maximum absolute atomic E-state index is 12.1. The second-order valence-electron chi connectivity index (χ2n) is 5.96. The van der Waals surface area contributed by atoms with Crippen molar-refractivity contribution in [1.82, 2.24) is 10.0 Å². The number of nitrogens with one attached hydrogen (secondary N) is 2. The summed E-state index contributed by atoms with van der Waals surface area (Å²) in [5, 5.41) is 3.31. The largest absolute Gasteiger partial charge is 0.317 e. The minimum atomic E-state index is -3.15. The van der Waals surface area contributed by atoms with E-state index >= 15 is 0 Å². The quantitative estimate of drug-likeness (QED) is 0.811. The van der Waals surface area contributed by atoms with Gasteiger partial charge in [-0.3, -0.25) is 0 Å². The second-order valence-corrected chi connectivity index (χ2v) is 7.89. The van der Waals surface area contributed by atoms with Gasteiger partial charge in [0.2, 0.25) is 10.0 Å². The summed E-state index contributed by atoms with van der Waals surface area (Å²) in [5.41, 5.74) is 1.17. The molecule has 1 saturated heterocycles. The highest BCUT2D eigenvalue weighted by atomic mass is 32.2. The minimum Gasteiger partial charge on any atom is -0.317 e. The minimum absolute atomic E-state index is 0.194. The molecule has 0 bridgehead atoms. The van der Waals surface area contributed by atoms with E-state index in [2.05, 4.69) is 10.0 Å². The number of hydrogen-bond acceptors (Lipinski definition) is 3. The molecule has 21 heavy (non-hydrogen) atoms. The lowest BCUT2D eigenvalue weighted by Gasteiger charge is -2.22. The van der Waals surface area contributed by atoms with Crippen LogP contribution in [0.25, 0.3) is 0 Å². The van der Waals surface area contributed by atoms with Crippen molar-refractivity contribution in [2.75, 3.05) is 25.4 Å². The Hall–Kier alpha value is -0.910. The molecule has 0 aromatic heterocycles. The zero-order chi connectivity index (χ0) is 15.1. The predicted octanol–water partition coefficient (Wildman–Crippen LogP) is 2.10. The van der Waals surface area contributed by atoms with Crippen molar-refractivity contribution < 1.29 is 8.42 Å². The topological polar surface area (TPSA) is 58.2 Å². The summed E-state index contributed by atoms with van der Waals surface area (Å²) in [7, 11) is -3.15. The average molecular weight is 310 g/mol. The van der Waals surface area contributed by atoms with Crippen LogP contribution < -0.4 is 10.0 Å². The summed E-state index contributed by atoms with van der Waals surface area (Å²) in [6.45, 7) is 4.55. The summed E-state index contributed by atoms with van der Waals surface area (Å²) in [6, 6.07) is 10.0. The number of rotatable bonds is 7. The molecule has 1 aromatic carbocycles. The van der Waals surface area contributed by atoms with E-state index in [0.717, 1.165) is 32.4 Å². The van der Waals surface area contributed by atoms with Crippen LogP contribution in [0.1, 0.15) is 37.7 Å². The van der Waals surface area contributed by atoms with Gasteiger partial charge in [-0.05, 0) is 49.8 Å². The molecule has 0 aliphatic carbocycles. The van der Waals surface area contributed by atoms with Crippen LogP contribution in [0, 0.1) is 5.92 Å². The molecule has 1 aliphatic rings. The van der Waals surface area contributed by atoms with Crippen molar-refractivity contribution in [1.29, 1.82) is 0 Å². The van der Waals surface area contributed by atoms with Crippen molar-refractivity contribution in [2.45, 2.75) is 32.1 Å². The lowest BCUT2D eigenvalue weighted by Crippen LogP contribution is -2.33. The van der Waals surface area contributed by atoms with Crippen LogP contribution in [0.5, 0.6) is 0 Å². The van der Waals surface area contributed by atoms with E-state index < -0.39 is 10.0 Å². The zero-order valence-corrected chi connectivity index (χ0v) is 13.5. The van der Waals surface area contributed by atoms with Crippen LogP contribution in [0.15, 0.2) is 30.3 Å². The van der Waals surface area contributed by atoms with Crippen molar-refractivity contribution in [2.24, 2.45) is 5.92 Å². The van der Waals surface area contributed by atoms with Gasteiger partial charge >= 0.3 is 0 Å². The fraction of sp³-hybridized carbons (Fsp3) is 0.625. The fourth-order valence-corrected chi connectivity index (χ4v) is 4.01. The van der Waals surface area contributed by atoms with Crippen LogP contribution in [0.3, 0.4) is 0 Å². The number of hydrogen-bond donors (Lipinski definition) is 2. The van der Waals surface area contributed by atoms with E-state index in [1.165, 1.54) is 5.56 Å².